The number of pyridine rings is 1. The van der Waals surface area contributed by atoms with Crippen LogP contribution in [0.2, 0.25) is 0 Å². The van der Waals surface area contributed by atoms with E-state index in [9.17, 15) is 0 Å². The van der Waals surface area contributed by atoms with Gasteiger partial charge < -0.3 is 24.4 Å². The Balaban J connectivity index is 0.000000352. The van der Waals surface area contributed by atoms with Crippen LogP contribution in [0.5, 0.6) is 5.88 Å². The fourth-order valence-electron chi connectivity index (χ4n) is 2.30. The molecular weight excluding hydrogens is 360 g/mol. The van der Waals surface area contributed by atoms with Crippen LogP contribution in [0, 0.1) is 0 Å². The zero-order valence-corrected chi connectivity index (χ0v) is 14.8. The van der Waals surface area contributed by atoms with Crippen molar-refractivity contribution in [3.63, 3.8) is 0 Å². The van der Waals surface area contributed by atoms with Crippen molar-refractivity contribution < 1.29 is 24.5 Å². The lowest BCUT2D eigenvalue weighted by Gasteiger charge is -2.21. The van der Waals surface area contributed by atoms with Crippen molar-refractivity contribution in [3.05, 3.63) is 42.6 Å². The second kappa shape index (κ2) is 8.90. The van der Waals surface area contributed by atoms with Crippen molar-refractivity contribution in [2.45, 2.75) is 19.1 Å². The van der Waals surface area contributed by atoms with E-state index in [4.69, 9.17) is 36.8 Å². The zero-order chi connectivity index (χ0) is 19.1. The normalized spacial score (nSPS) is 15.8. The van der Waals surface area contributed by atoms with Crippen LogP contribution in [0.3, 0.4) is 0 Å². The molecule has 1 aliphatic heterocycles. The molecule has 1 unspecified atom stereocenters. The maximum atomic E-state index is 9.10. The number of thiocarbonyl (C=S) groups is 1. The van der Waals surface area contributed by atoms with Gasteiger partial charge in [0.15, 0.2) is 0 Å². The number of aliphatic carboxylic acids is 2. The van der Waals surface area contributed by atoms with Crippen LogP contribution >= 0.6 is 12.2 Å². The molecule has 1 aliphatic rings. The SMILES string of the molecule is CN1CC(CCn2ccnc2)Oc2ncccc2C1=S.O=C(O)C(=O)O. The molecule has 0 amide bonds. The second-order valence-corrected chi connectivity index (χ2v) is 5.87. The minimum atomic E-state index is -1.82. The number of carboxylic acids is 2. The van der Waals surface area contributed by atoms with Gasteiger partial charge in [0, 0.05) is 38.6 Å². The molecule has 138 valence electrons. The quantitative estimate of drug-likeness (QED) is 0.593. The molecule has 2 aromatic heterocycles. The van der Waals surface area contributed by atoms with Gasteiger partial charge in [0.1, 0.15) is 11.1 Å². The Labute approximate surface area is 154 Å². The number of likely N-dealkylation sites (N-methyl/N-ethyl adjacent to an activating group) is 1. The van der Waals surface area contributed by atoms with E-state index in [2.05, 4.69) is 14.9 Å². The van der Waals surface area contributed by atoms with Gasteiger partial charge in [-0.1, -0.05) is 12.2 Å². The van der Waals surface area contributed by atoms with Gasteiger partial charge in [-0.05, 0) is 12.1 Å². The van der Waals surface area contributed by atoms with Crippen molar-refractivity contribution >= 4 is 29.1 Å². The number of imidazole rings is 1. The summed E-state index contributed by atoms with van der Waals surface area (Å²) in [6.07, 6.45) is 8.25. The third-order valence-corrected chi connectivity index (χ3v) is 4.09. The van der Waals surface area contributed by atoms with E-state index in [1.165, 1.54) is 0 Å². The monoisotopic (exact) mass is 378 g/mol. The molecule has 0 spiro atoms. The average Bonchev–Trinajstić information content (AvgIpc) is 3.09. The Morgan fingerprint density at radius 1 is 1.35 bits per heavy atom. The summed E-state index contributed by atoms with van der Waals surface area (Å²) in [6, 6.07) is 3.84. The number of hydrogen-bond acceptors (Lipinski definition) is 6. The van der Waals surface area contributed by atoms with Crippen molar-refractivity contribution in [1.82, 2.24) is 19.4 Å². The Kier molecular flexibility index (Phi) is 6.61. The van der Waals surface area contributed by atoms with Gasteiger partial charge in [-0.15, -0.1) is 0 Å². The summed E-state index contributed by atoms with van der Waals surface area (Å²) >= 11 is 5.48. The van der Waals surface area contributed by atoms with Crippen LogP contribution in [0.15, 0.2) is 37.1 Å². The summed E-state index contributed by atoms with van der Waals surface area (Å²) in [5.41, 5.74) is 0.898. The Morgan fingerprint density at radius 3 is 2.69 bits per heavy atom. The Bertz CT molecular complexity index is 769. The summed E-state index contributed by atoms with van der Waals surface area (Å²) in [5.74, 6) is -3.01. The molecule has 2 aromatic rings. The van der Waals surface area contributed by atoms with Crippen LogP contribution in [-0.2, 0) is 16.1 Å². The lowest BCUT2D eigenvalue weighted by molar-refractivity contribution is -0.159. The molecule has 26 heavy (non-hydrogen) atoms. The smallest absolute Gasteiger partial charge is 0.414 e. The summed E-state index contributed by atoms with van der Waals surface area (Å²) < 4.78 is 8.07. The minimum absolute atomic E-state index is 0.0662. The van der Waals surface area contributed by atoms with Crippen molar-refractivity contribution in [2.24, 2.45) is 0 Å². The summed E-state index contributed by atoms with van der Waals surface area (Å²) in [4.78, 5) is 29.4. The molecule has 10 heteroatoms. The van der Waals surface area contributed by atoms with Crippen molar-refractivity contribution in [3.8, 4) is 5.88 Å². The largest absolute Gasteiger partial charge is 0.473 e. The summed E-state index contributed by atoms with van der Waals surface area (Å²) in [7, 11) is 2.00. The molecule has 2 N–H and O–H groups in total. The predicted molar refractivity (Wildman–Crippen MR) is 95.1 cm³/mol. The van der Waals surface area contributed by atoms with Gasteiger partial charge in [-0.25, -0.2) is 19.6 Å². The van der Waals surface area contributed by atoms with Crippen LogP contribution in [0.1, 0.15) is 12.0 Å². The van der Waals surface area contributed by atoms with E-state index in [0.717, 1.165) is 30.1 Å². The van der Waals surface area contributed by atoms with Crippen LogP contribution in [0.4, 0.5) is 0 Å². The van der Waals surface area contributed by atoms with Gasteiger partial charge in [0.25, 0.3) is 0 Å². The highest BCUT2D eigenvalue weighted by Crippen LogP contribution is 2.23. The number of ether oxygens (including phenoxy) is 1. The molecule has 0 fully saturated rings. The number of fused-ring (bicyclic) bond motifs is 1. The van der Waals surface area contributed by atoms with Crippen molar-refractivity contribution in [2.75, 3.05) is 13.6 Å². The van der Waals surface area contributed by atoms with Gasteiger partial charge in [0.2, 0.25) is 5.88 Å². The molecule has 3 heterocycles. The molecular formula is C16H18N4O5S. The molecule has 9 nitrogen and oxygen atoms in total. The number of carboxylic acid groups (broad SMARTS) is 2. The van der Waals surface area contributed by atoms with E-state index < -0.39 is 11.9 Å². The molecule has 1 atom stereocenters. The molecule has 0 saturated carbocycles. The molecule has 3 rings (SSSR count). The fourth-order valence-corrected chi connectivity index (χ4v) is 2.53. The number of nitrogens with zero attached hydrogens (tertiary/aromatic N) is 4. The first kappa shape index (κ1) is 19.3. The summed E-state index contributed by atoms with van der Waals surface area (Å²) in [6.45, 7) is 1.64. The Morgan fingerprint density at radius 2 is 2.08 bits per heavy atom. The number of carbonyl (C=O) groups is 2. The van der Waals surface area contributed by atoms with Crippen LogP contribution in [0.25, 0.3) is 0 Å². The lowest BCUT2D eigenvalue weighted by Crippen LogP contribution is -2.34. The molecule has 0 aliphatic carbocycles. The maximum Gasteiger partial charge on any atom is 0.414 e. The standard InChI is InChI=1S/C14H16N4OS.C2H2O4/c1-17-9-11(4-7-18-8-6-15-10-18)19-13-12(14(17)20)3-2-5-16-13;3-1(4)2(5)6/h2-3,5-6,8,10-11H,4,7,9H2,1H3;(H,3,4)(H,5,6). The van der Waals surface area contributed by atoms with Crippen molar-refractivity contribution in [1.29, 1.82) is 0 Å². The van der Waals surface area contributed by atoms with Crippen LogP contribution in [-0.4, -0.2) is 66.3 Å². The van der Waals surface area contributed by atoms with E-state index in [-0.39, 0.29) is 6.10 Å². The maximum absolute atomic E-state index is 9.10. The first-order valence-electron chi connectivity index (χ1n) is 7.67. The third-order valence-electron chi connectivity index (χ3n) is 3.56. The lowest BCUT2D eigenvalue weighted by atomic mass is 10.2. The first-order valence-corrected chi connectivity index (χ1v) is 8.08. The van der Waals surface area contributed by atoms with E-state index >= 15 is 0 Å². The molecule has 0 radical (unpaired) electrons. The Hall–Kier alpha value is -3.01. The van der Waals surface area contributed by atoms with E-state index in [1.54, 1.807) is 12.4 Å². The number of aryl methyl sites for hydroxylation is 1. The summed E-state index contributed by atoms with van der Waals surface area (Å²) in [5, 5.41) is 14.8. The highest BCUT2D eigenvalue weighted by molar-refractivity contribution is 7.80. The molecule has 0 aromatic carbocycles. The third kappa shape index (κ3) is 5.24. The second-order valence-electron chi connectivity index (χ2n) is 5.48. The zero-order valence-electron chi connectivity index (χ0n) is 14.0. The molecule has 0 saturated heterocycles. The topological polar surface area (TPSA) is 118 Å². The first-order chi connectivity index (χ1) is 12.4. The number of hydrogen-bond donors (Lipinski definition) is 2. The highest BCUT2D eigenvalue weighted by atomic mass is 32.1. The molecule has 0 bridgehead atoms. The van der Waals surface area contributed by atoms with Gasteiger partial charge in [0.05, 0.1) is 18.4 Å². The minimum Gasteiger partial charge on any atom is -0.473 e. The van der Waals surface area contributed by atoms with Crippen LogP contribution < -0.4 is 4.74 Å². The fraction of sp³-hybridized carbons (Fsp3) is 0.312. The van der Waals surface area contributed by atoms with Gasteiger partial charge >= 0.3 is 11.9 Å². The number of rotatable bonds is 3. The highest BCUT2D eigenvalue weighted by Gasteiger charge is 2.24. The predicted octanol–water partition coefficient (Wildman–Crippen LogP) is 0.892. The average molecular weight is 378 g/mol. The van der Waals surface area contributed by atoms with E-state index in [0.29, 0.717) is 5.88 Å². The number of aromatic nitrogens is 3. The van der Waals surface area contributed by atoms with Gasteiger partial charge in [-0.3, -0.25) is 0 Å². The van der Waals surface area contributed by atoms with E-state index in [1.807, 2.05) is 36.3 Å². The van der Waals surface area contributed by atoms with Gasteiger partial charge in [-0.2, -0.15) is 0 Å².